The number of aromatic nitrogens is 2. The molecule has 0 aromatic carbocycles. The highest BCUT2D eigenvalue weighted by atomic mass is 16.5. The van der Waals surface area contributed by atoms with E-state index in [0.717, 1.165) is 24.8 Å². The number of methoxy groups -OCH3 is 1. The lowest BCUT2D eigenvalue weighted by atomic mass is 9.84. The topological polar surface area (TPSA) is 64.4 Å². The molecule has 6 nitrogen and oxygen atoms in total. The number of hydrogen-bond donors (Lipinski definition) is 0. The Morgan fingerprint density at radius 1 is 1.53 bits per heavy atom. The van der Waals surface area contributed by atoms with Crippen LogP contribution in [0.3, 0.4) is 0 Å². The summed E-state index contributed by atoms with van der Waals surface area (Å²) in [5, 5.41) is 4.07. The lowest BCUT2D eigenvalue weighted by Gasteiger charge is -2.30. The molecular formula is C13H19N3O3. The molecule has 1 aromatic heterocycles. The van der Waals surface area contributed by atoms with E-state index in [2.05, 4.69) is 9.84 Å². The Labute approximate surface area is 112 Å². The predicted octanol–water partition coefficient (Wildman–Crippen LogP) is 0.722. The van der Waals surface area contributed by atoms with Crippen molar-refractivity contribution in [2.24, 2.45) is 13.0 Å². The van der Waals surface area contributed by atoms with Crippen LogP contribution in [0.1, 0.15) is 24.8 Å². The van der Waals surface area contributed by atoms with Gasteiger partial charge in [0.1, 0.15) is 6.54 Å². The average molecular weight is 265 g/mol. The molecule has 2 rings (SSSR count). The fraction of sp³-hybridized carbons (Fsp3) is 0.615. The van der Waals surface area contributed by atoms with Gasteiger partial charge in [-0.05, 0) is 12.8 Å². The van der Waals surface area contributed by atoms with Gasteiger partial charge in [0.25, 0.3) is 0 Å². The highest BCUT2D eigenvalue weighted by Gasteiger charge is 2.30. The van der Waals surface area contributed by atoms with Crippen molar-refractivity contribution in [2.75, 3.05) is 13.7 Å². The Morgan fingerprint density at radius 2 is 2.26 bits per heavy atom. The van der Waals surface area contributed by atoms with Crippen molar-refractivity contribution in [3.05, 3.63) is 18.0 Å². The molecule has 0 saturated heterocycles. The van der Waals surface area contributed by atoms with Gasteiger partial charge in [-0.25, -0.2) is 0 Å². The lowest BCUT2D eigenvalue weighted by Crippen LogP contribution is -2.41. The second-order valence-electron chi connectivity index (χ2n) is 4.92. The van der Waals surface area contributed by atoms with Gasteiger partial charge < -0.3 is 9.64 Å². The van der Waals surface area contributed by atoms with Gasteiger partial charge in [-0.2, -0.15) is 5.10 Å². The molecule has 1 fully saturated rings. The van der Waals surface area contributed by atoms with Crippen molar-refractivity contribution in [1.29, 1.82) is 0 Å². The summed E-state index contributed by atoms with van der Waals surface area (Å²) in [6.07, 6.45) is 6.49. The smallest absolute Gasteiger partial charge is 0.325 e. The van der Waals surface area contributed by atoms with Crippen LogP contribution in [0.25, 0.3) is 0 Å². The van der Waals surface area contributed by atoms with E-state index in [1.807, 2.05) is 13.2 Å². The van der Waals surface area contributed by atoms with Gasteiger partial charge in [0.15, 0.2) is 0 Å². The molecule has 1 aliphatic rings. The zero-order chi connectivity index (χ0) is 13.8. The first kappa shape index (κ1) is 13.6. The zero-order valence-electron chi connectivity index (χ0n) is 11.3. The molecule has 1 aromatic rings. The summed E-state index contributed by atoms with van der Waals surface area (Å²) in [6, 6.07) is 0. The van der Waals surface area contributed by atoms with E-state index in [1.54, 1.807) is 15.8 Å². The second-order valence-corrected chi connectivity index (χ2v) is 4.92. The minimum Gasteiger partial charge on any atom is -0.468 e. The van der Waals surface area contributed by atoms with Crippen molar-refractivity contribution in [3.8, 4) is 0 Å². The molecule has 0 atom stereocenters. The molecule has 0 spiro atoms. The van der Waals surface area contributed by atoms with E-state index in [-0.39, 0.29) is 18.4 Å². The van der Waals surface area contributed by atoms with Gasteiger partial charge >= 0.3 is 5.97 Å². The maximum Gasteiger partial charge on any atom is 0.325 e. The van der Waals surface area contributed by atoms with E-state index in [1.165, 1.54) is 7.11 Å². The van der Waals surface area contributed by atoms with Crippen molar-refractivity contribution >= 4 is 11.9 Å². The number of amides is 1. The normalized spacial score (nSPS) is 14.8. The molecule has 1 heterocycles. The SMILES string of the molecule is COC(=O)CN(Cc1cnn(C)c1)C(=O)C1CCC1. The predicted molar refractivity (Wildman–Crippen MR) is 68.0 cm³/mol. The van der Waals surface area contributed by atoms with Gasteiger partial charge in [-0.15, -0.1) is 0 Å². The third kappa shape index (κ3) is 3.33. The molecule has 19 heavy (non-hydrogen) atoms. The van der Waals surface area contributed by atoms with E-state index >= 15 is 0 Å². The molecule has 0 unspecified atom stereocenters. The molecule has 1 saturated carbocycles. The van der Waals surface area contributed by atoms with Crippen molar-refractivity contribution in [1.82, 2.24) is 14.7 Å². The molecule has 6 heteroatoms. The first-order valence-corrected chi connectivity index (χ1v) is 6.43. The van der Waals surface area contributed by atoms with Crippen LogP contribution >= 0.6 is 0 Å². The monoisotopic (exact) mass is 265 g/mol. The Balaban J connectivity index is 2.04. The molecule has 1 aliphatic carbocycles. The largest absolute Gasteiger partial charge is 0.468 e. The number of hydrogen-bond acceptors (Lipinski definition) is 4. The summed E-state index contributed by atoms with van der Waals surface area (Å²) >= 11 is 0. The van der Waals surface area contributed by atoms with Crippen LogP contribution in [0.2, 0.25) is 0 Å². The van der Waals surface area contributed by atoms with Crippen LogP contribution in [0.5, 0.6) is 0 Å². The van der Waals surface area contributed by atoms with Crippen LogP contribution in [0, 0.1) is 5.92 Å². The molecule has 0 radical (unpaired) electrons. The Morgan fingerprint density at radius 3 is 2.74 bits per heavy atom. The van der Waals surface area contributed by atoms with Gasteiger partial charge in [-0.3, -0.25) is 14.3 Å². The standard InChI is InChI=1S/C13H19N3O3/c1-15-7-10(6-14-15)8-16(9-12(17)19-2)13(18)11-4-3-5-11/h6-7,11H,3-5,8-9H2,1-2H3. The summed E-state index contributed by atoms with van der Waals surface area (Å²) in [5.74, 6) is -0.279. The number of carbonyl (C=O) groups excluding carboxylic acids is 2. The fourth-order valence-electron chi connectivity index (χ4n) is 2.12. The molecule has 0 bridgehead atoms. The van der Waals surface area contributed by atoms with Crippen LogP contribution in [0.15, 0.2) is 12.4 Å². The number of esters is 1. The quantitative estimate of drug-likeness (QED) is 0.736. The Hall–Kier alpha value is -1.85. The average Bonchev–Trinajstić information content (AvgIpc) is 2.71. The maximum atomic E-state index is 12.3. The third-order valence-corrected chi connectivity index (χ3v) is 3.45. The molecule has 104 valence electrons. The van der Waals surface area contributed by atoms with Crippen molar-refractivity contribution < 1.29 is 14.3 Å². The fourth-order valence-corrected chi connectivity index (χ4v) is 2.12. The zero-order valence-corrected chi connectivity index (χ0v) is 11.3. The molecular weight excluding hydrogens is 246 g/mol. The minimum atomic E-state index is -0.392. The molecule has 0 aliphatic heterocycles. The summed E-state index contributed by atoms with van der Waals surface area (Å²) < 4.78 is 6.33. The van der Waals surface area contributed by atoms with E-state index in [9.17, 15) is 9.59 Å². The van der Waals surface area contributed by atoms with Crippen LogP contribution in [-0.4, -0.2) is 40.2 Å². The highest BCUT2D eigenvalue weighted by molar-refractivity contribution is 5.84. The first-order valence-electron chi connectivity index (χ1n) is 6.43. The van der Waals surface area contributed by atoms with E-state index < -0.39 is 5.97 Å². The summed E-state index contributed by atoms with van der Waals surface area (Å²) in [7, 11) is 3.15. The van der Waals surface area contributed by atoms with Gasteiger partial charge in [-0.1, -0.05) is 6.42 Å². The third-order valence-electron chi connectivity index (χ3n) is 3.45. The number of rotatable bonds is 5. The first-order chi connectivity index (χ1) is 9.10. The minimum absolute atomic E-state index is 0.000722. The van der Waals surface area contributed by atoms with Crippen LogP contribution in [-0.2, 0) is 27.9 Å². The number of nitrogens with zero attached hydrogens (tertiary/aromatic N) is 3. The Bertz CT molecular complexity index is 465. The number of aryl methyl sites for hydroxylation is 1. The molecule has 1 amide bonds. The Kier molecular flexibility index (Phi) is 4.19. The van der Waals surface area contributed by atoms with Gasteiger partial charge in [0.2, 0.25) is 5.91 Å². The van der Waals surface area contributed by atoms with Crippen molar-refractivity contribution in [2.45, 2.75) is 25.8 Å². The maximum absolute atomic E-state index is 12.3. The summed E-state index contributed by atoms with van der Waals surface area (Å²) in [4.78, 5) is 25.3. The second kappa shape index (κ2) is 5.86. The number of carbonyl (C=O) groups is 2. The van der Waals surface area contributed by atoms with E-state index in [4.69, 9.17) is 0 Å². The summed E-state index contributed by atoms with van der Waals surface area (Å²) in [6.45, 7) is 0.402. The summed E-state index contributed by atoms with van der Waals surface area (Å²) in [5.41, 5.74) is 0.916. The van der Waals surface area contributed by atoms with E-state index in [0.29, 0.717) is 6.54 Å². The lowest BCUT2D eigenvalue weighted by molar-refractivity contribution is -0.150. The van der Waals surface area contributed by atoms with Crippen LogP contribution < -0.4 is 0 Å². The number of ether oxygens (including phenoxy) is 1. The van der Waals surface area contributed by atoms with Crippen molar-refractivity contribution in [3.63, 3.8) is 0 Å². The highest BCUT2D eigenvalue weighted by Crippen LogP contribution is 2.28. The van der Waals surface area contributed by atoms with Gasteiger partial charge in [0.05, 0.1) is 13.3 Å². The van der Waals surface area contributed by atoms with Crippen LogP contribution in [0.4, 0.5) is 0 Å². The molecule has 0 N–H and O–H groups in total. The van der Waals surface area contributed by atoms with Gasteiger partial charge in [0, 0.05) is 31.3 Å².